The minimum absolute atomic E-state index is 0.0939. The molecule has 1 atom stereocenters. The van der Waals surface area contributed by atoms with Crippen LogP contribution in [0.3, 0.4) is 0 Å². The lowest BCUT2D eigenvalue weighted by Crippen LogP contribution is -2.31. The molecule has 1 fully saturated rings. The molecule has 5 nitrogen and oxygen atoms in total. The fourth-order valence-corrected chi connectivity index (χ4v) is 3.20. The molecule has 1 amide bonds. The maximum absolute atomic E-state index is 13.3. The quantitative estimate of drug-likeness (QED) is 0.794. The Labute approximate surface area is 120 Å². The second-order valence-corrected chi connectivity index (χ2v) is 7.01. The van der Waals surface area contributed by atoms with Crippen molar-refractivity contribution in [2.45, 2.75) is 17.4 Å². The number of amides is 1. The molecule has 0 aromatic heterocycles. The van der Waals surface area contributed by atoms with Gasteiger partial charge in [-0.3, -0.25) is 4.79 Å². The van der Waals surface area contributed by atoms with E-state index in [0.29, 0.717) is 19.5 Å². The molecular formula is C12H13ClFNO4S. The average molecular weight is 322 g/mol. The van der Waals surface area contributed by atoms with Crippen LogP contribution in [0.2, 0.25) is 0 Å². The first kappa shape index (κ1) is 15.2. The number of likely N-dealkylation sites (tertiary alicyclic amines) is 1. The van der Waals surface area contributed by atoms with E-state index in [9.17, 15) is 17.6 Å². The minimum Gasteiger partial charge on any atom is -0.380 e. The number of nitrogens with zero attached hydrogens (tertiary/aromatic N) is 1. The van der Waals surface area contributed by atoms with Crippen molar-refractivity contribution in [3.8, 4) is 0 Å². The Morgan fingerprint density at radius 1 is 1.50 bits per heavy atom. The van der Waals surface area contributed by atoms with Crippen molar-refractivity contribution in [2.75, 3.05) is 20.2 Å². The highest BCUT2D eigenvalue weighted by Crippen LogP contribution is 2.24. The summed E-state index contributed by atoms with van der Waals surface area (Å²) in [5.74, 6) is -1.26. The van der Waals surface area contributed by atoms with Gasteiger partial charge in [-0.25, -0.2) is 12.8 Å². The summed E-state index contributed by atoms with van der Waals surface area (Å²) in [6.07, 6.45) is 0.559. The third-order valence-corrected chi connectivity index (χ3v) is 4.58. The van der Waals surface area contributed by atoms with E-state index in [1.54, 1.807) is 0 Å². The van der Waals surface area contributed by atoms with E-state index in [2.05, 4.69) is 0 Å². The topological polar surface area (TPSA) is 63.7 Å². The number of ether oxygens (including phenoxy) is 1. The van der Waals surface area contributed by atoms with Gasteiger partial charge in [0.05, 0.1) is 16.6 Å². The number of methoxy groups -OCH3 is 1. The van der Waals surface area contributed by atoms with E-state index in [0.717, 1.165) is 18.2 Å². The molecule has 20 heavy (non-hydrogen) atoms. The van der Waals surface area contributed by atoms with E-state index in [1.807, 2.05) is 0 Å². The molecule has 1 saturated heterocycles. The fraction of sp³-hybridized carbons (Fsp3) is 0.417. The summed E-state index contributed by atoms with van der Waals surface area (Å²) >= 11 is 0. The maximum atomic E-state index is 13.3. The molecule has 1 aromatic carbocycles. The SMILES string of the molecule is COC1CCN(C(=O)c2cc(F)ccc2S(=O)(=O)Cl)C1. The van der Waals surface area contributed by atoms with Gasteiger partial charge < -0.3 is 9.64 Å². The zero-order valence-corrected chi connectivity index (χ0v) is 12.2. The third-order valence-electron chi connectivity index (χ3n) is 3.20. The minimum atomic E-state index is -4.12. The predicted octanol–water partition coefficient (Wildman–Crippen LogP) is 1.61. The lowest BCUT2D eigenvalue weighted by molar-refractivity contribution is 0.0720. The van der Waals surface area contributed by atoms with Gasteiger partial charge in [-0.15, -0.1) is 0 Å². The van der Waals surface area contributed by atoms with Gasteiger partial charge in [0.15, 0.2) is 0 Å². The van der Waals surface area contributed by atoms with E-state index in [-0.39, 0.29) is 16.6 Å². The second kappa shape index (κ2) is 5.67. The number of hydrogen-bond acceptors (Lipinski definition) is 4. The van der Waals surface area contributed by atoms with Gasteiger partial charge in [-0.05, 0) is 24.6 Å². The smallest absolute Gasteiger partial charge is 0.262 e. The standard InChI is InChI=1S/C12H13ClFNO4S/c1-19-9-4-5-15(7-9)12(16)10-6-8(14)2-3-11(10)20(13,17)18/h2-3,6,9H,4-5,7H2,1H3. The molecule has 1 heterocycles. The molecule has 1 aliphatic rings. The Bertz CT molecular complexity index is 634. The van der Waals surface area contributed by atoms with Crippen molar-refractivity contribution in [1.82, 2.24) is 4.90 Å². The van der Waals surface area contributed by atoms with Crippen LogP contribution < -0.4 is 0 Å². The Hall–Kier alpha value is -1.18. The van der Waals surface area contributed by atoms with E-state index in [1.165, 1.54) is 12.0 Å². The number of carbonyl (C=O) groups is 1. The molecule has 1 aliphatic heterocycles. The highest BCUT2D eigenvalue weighted by Gasteiger charge is 2.30. The normalized spacial score (nSPS) is 19.4. The lowest BCUT2D eigenvalue weighted by Gasteiger charge is -2.17. The van der Waals surface area contributed by atoms with Crippen molar-refractivity contribution < 1.29 is 22.3 Å². The Kier molecular flexibility index (Phi) is 4.31. The van der Waals surface area contributed by atoms with E-state index >= 15 is 0 Å². The second-order valence-electron chi connectivity index (χ2n) is 4.48. The molecule has 110 valence electrons. The third kappa shape index (κ3) is 3.11. The molecule has 8 heteroatoms. The number of halogens is 2. The fourth-order valence-electron chi connectivity index (χ4n) is 2.16. The molecule has 0 saturated carbocycles. The molecule has 0 bridgehead atoms. The van der Waals surface area contributed by atoms with Gasteiger partial charge in [0.1, 0.15) is 5.82 Å². The molecule has 0 radical (unpaired) electrons. The zero-order chi connectivity index (χ0) is 14.9. The Morgan fingerprint density at radius 2 is 2.20 bits per heavy atom. The average Bonchev–Trinajstić information content (AvgIpc) is 2.85. The number of hydrogen-bond donors (Lipinski definition) is 0. The van der Waals surface area contributed by atoms with Crippen LogP contribution in [0, 0.1) is 5.82 Å². The van der Waals surface area contributed by atoms with Gasteiger partial charge in [0.25, 0.3) is 15.0 Å². The van der Waals surface area contributed by atoms with Crippen molar-refractivity contribution in [2.24, 2.45) is 0 Å². The highest BCUT2D eigenvalue weighted by molar-refractivity contribution is 8.13. The summed E-state index contributed by atoms with van der Waals surface area (Å²) in [6.45, 7) is 0.767. The summed E-state index contributed by atoms with van der Waals surface area (Å²) in [5.41, 5.74) is -0.253. The Morgan fingerprint density at radius 3 is 2.75 bits per heavy atom. The number of carbonyl (C=O) groups excluding carboxylic acids is 1. The summed E-state index contributed by atoms with van der Waals surface area (Å²) in [6, 6.07) is 2.83. The molecule has 2 rings (SSSR count). The van der Waals surface area contributed by atoms with Gasteiger partial charge in [0, 0.05) is 30.9 Å². The number of benzene rings is 1. The van der Waals surface area contributed by atoms with Crippen molar-refractivity contribution in [1.29, 1.82) is 0 Å². The highest BCUT2D eigenvalue weighted by atomic mass is 35.7. The van der Waals surface area contributed by atoms with Crippen LogP contribution in [0.1, 0.15) is 16.8 Å². The molecule has 0 N–H and O–H groups in total. The van der Waals surface area contributed by atoms with Crippen LogP contribution in [0.5, 0.6) is 0 Å². The molecule has 1 unspecified atom stereocenters. The van der Waals surface area contributed by atoms with Crippen LogP contribution in [-0.2, 0) is 13.8 Å². The van der Waals surface area contributed by atoms with Gasteiger partial charge in [0.2, 0.25) is 0 Å². The summed E-state index contributed by atoms with van der Waals surface area (Å²) < 4.78 is 41.3. The maximum Gasteiger partial charge on any atom is 0.262 e. The van der Waals surface area contributed by atoms with Crippen molar-refractivity contribution in [3.05, 3.63) is 29.6 Å². The Balaban J connectivity index is 2.37. The zero-order valence-electron chi connectivity index (χ0n) is 10.7. The molecular weight excluding hydrogens is 309 g/mol. The molecule has 1 aromatic rings. The first-order valence-electron chi connectivity index (χ1n) is 5.89. The van der Waals surface area contributed by atoms with Crippen LogP contribution in [0.4, 0.5) is 4.39 Å². The number of rotatable bonds is 3. The summed E-state index contributed by atoms with van der Waals surface area (Å²) in [5, 5.41) is 0. The van der Waals surface area contributed by atoms with Crippen LogP contribution in [-0.4, -0.2) is 45.5 Å². The monoisotopic (exact) mass is 321 g/mol. The summed E-state index contributed by atoms with van der Waals surface area (Å²) in [4.78, 5) is 13.4. The van der Waals surface area contributed by atoms with Crippen LogP contribution in [0.15, 0.2) is 23.1 Å². The van der Waals surface area contributed by atoms with Gasteiger partial charge in [-0.1, -0.05) is 0 Å². The largest absolute Gasteiger partial charge is 0.380 e. The van der Waals surface area contributed by atoms with Crippen molar-refractivity contribution in [3.63, 3.8) is 0 Å². The first-order chi connectivity index (χ1) is 9.32. The van der Waals surface area contributed by atoms with Crippen LogP contribution in [0.25, 0.3) is 0 Å². The van der Waals surface area contributed by atoms with E-state index < -0.39 is 20.8 Å². The summed E-state index contributed by atoms with van der Waals surface area (Å²) in [7, 11) is 2.70. The predicted molar refractivity (Wildman–Crippen MR) is 70.8 cm³/mol. The molecule has 0 spiro atoms. The van der Waals surface area contributed by atoms with Gasteiger partial charge >= 0.3 is 0 Å². The van der Waals surface area contributed by atoms with E-state index in [4.69, 9.17) is 15.4 Å². The first-order valence-corrected chi connectivity index (χ1v) is 8.20. The van der Waals surface area contributed by atoms with Crippen LogP contribution >= 0.6 is 10.7 Å². The van der Waals surface area contributed by atoms with Gasteiger partial charge in [-0.2, -0.15) is 0 Å². The molecule has 0 aliphatic carbocycles. The van der Waals surface area contributed by atoms with Crippen molar-refractivity contribution >= 4 is 25.6 Å². The lowest BCUT2D eigenvalue weighted by atomic mass is 10.2.